The number of nitrogens with zero attached hydrogens (tertiary/aromatic N) is 1. The van der Waals surface area contributed by atoms with E-state index in [1.165, 1.54) is 19.3 Å². The predicted molar refractivity (Wildman–Crippen MR) is 95.0 cm³/mol. The standard InChI is InChI=1S/C17H32ClN3/c1-6-17(15(4)16(20-19)11-9-12-18)21(5)13-8-7-10-14(2)3/h6,11,14,20H,1,7-10,12-13,19H2,2-5H3/b16-11+,17-15+. The quantitative estimate of drug-likeness (QED) is 0.198. The highest BCUT2D eigenvalue weighted by atomic mass is 35.5. The lowest BCUT2D eigenvalue weighted by molar-refractivity contribution is 0.397. The number of nitrogens with one attached hydrogen (secondary N) is 1. The number of halogens is 1. The Bertz CT molecular complexity index is 359. The second-order valence-electron chi connectivity index (χ2n) is 5.77. The molecule has 122 valence electrons. The van der Waals surface area contributed by atoms with Crippen LogP contribution in [0.2, 0.25) is 0 Å². The summed E-state index contributed by atoms with van der Waals surface area (Å²) in [5.74, 6) is 6.98. The summed E-state index contributed by atoms with van der Waals surface area (Å²) in [6.45, 7) is 11.6. The average Bonchev–Trinajstić information content (AvgIpc) is 2.45. The minimum Gasteiger partial charge on any atom is -0.374 e. The lowest BCUT2D eigenvalue weighted by atomic mass is 10.1. The molecule has 0 unspecified atom stereocenters. The summed E-state index contributed by atoms with van der Waals surface area (Å²) >= 11 is 5.73. The molecule has 0 aromatic heterocycles. The van der Waals surface area contributed by atoms with Crippen LogP contribution in [0.4, 0.5) is 0 Å². The van der Waals surface area contributed by atoms with Gasteiger partial charge in [0.15, 0.2) is 0 Å². The van der Waals surface area contributed by atoms with Gasteiger partial charge in [-0.05, 0) is 37.3 Å². The molecule has 4 heteroatoms. The molecule has 0 amide bonds. The second kappa shape index (κ2) is 11.7. The molecule has 3 N–H and O–H groups in total. The Kier molecular flexibility index (Phi) is 11.2. The van der Waals surface area contributed by atoms with Gasteiger partial charge in [-0.3, -0.25) is 5.84 Å². The Balaban J connectivity index is 4.76. The van der Waals surface area contributed by atoms with Crippen molar-refractivity contribution >= 4 is 11.6 Å². The van der Waals surface area contributed by atoms with E-state index in [0.717, 1.165) is 35.9 Å². The van der Waals surface area contributed by atoms with Crippen molar-refractivity contribution < 1.29 is 0 Å². The Morgan fingerprint density at radius 2 is 2.05 bits per heavy atom. The maximum Gasteiger partial charge on any atom is 0.0495 e. The van der Waals surface area contributed by atoms with Gasteiger partial charge in [0.05, 0.1) is 0 Å². The third kappa shape index (κ3) is 8.18. The van der Waals surface area contributed by atoms with Crippen molar-refractivity contribution in [3.8, 4) is 0 Å². The van der Waals surface area contributed by atoms with Crippen LogP contribution in [-0.4, -0.2) is 24.4 Å². The zero-order valence-electron chi connectivity index (χ0n) is 14.1. The monoisotopic (exact) mass is 313 g/mol. The van der Waals surface area contributed by atoms with E-state index in [9.17, 15) is 0 Å². The summed E-state index contributed by atoms with van der Waals surface area (Å²) in [5.41, 5.74) is 5.89. The summed E-state index contributed by atoms with van der Waals surface area (Å²) < 4.78 is 0. The molecule has 0 radical (unpaired) electrons. The van der Waals surface area contributed by atoms with Gasteiger partial charge in [0.1, 0.15) is 0 Å². The van der Waals surface area contributed by atoms with E-state index in [0.29, 0.717) is 5.88 Å². The molecule has 0 aromatic carbocycles. The Morgan fingerprint density at radius 1 is 1.38 bits per heavy atom. The first-order chi connectivity index (χ1) is 9.97. The number of unbranched alkanes of at least 4 members (excludes halogenated alkanes) is 1. The third-order valence-electron chi connectivity index (χ3n) is 3.53. The summed E-state index contributed by atoms with van der Waals surface area (Å²) in [6, 6.07) is 0. The molecule has 3 nitrogen and oxygen atoms in total. The van der Waals surface area contributed by atoms with Crippen molar-refractivity contribution in [3.05, 3.63) is 35.7 Å². The molecular formula is C17H32ClN3. The maximum atomic E-state index is 5.73. The van der Waals surface area contributed by atoms with Crippen LogP contribution in [-0.2, 0) is 0 Å². The Hall–Kier alpha value is -0.930. The van der Waals surface area contributed by atoms with Crippen LogP contribution in [0.3, 0.4) is 0 Å². The first-order valence-corrected chi connectivity index (χ1v) is 8.28. The van der Waals surface area contributed by atoms with E-state index in [-0.39, 0.29) is 0 Å². The highest BCUT2D eigenvalue weighted by molar-refractivity contribution is 6.17. The van der Waals surface area contributed by atoms with Gasteiger partial charge in [-0.1, -0.05) is 39.3 Å². The van der Waals surface area contributed by atoms with Crippen LogP contribution >= 0.6 is 11.6 Å². The van der Waals surface area contributed by atoms with E-state index in [1.807, 2.05) is 12.2 Å². The lowest BCUT2D eigenvalue weighted by Gasteiger charge is -2.24. The van der Waals surface area contributed by atoms with E-state index in [1.54, 1.807) is 0 Å². The van der Waals surface area contributed by atoms with Crippen LogP contribution in [0.5, 0.6) is 0 Å². The fourth-order valence-corrected chi connectivity index (χ4v) is 2.38. The highest BCUT2D eigenvalue weighted by Gasteiger charge is 2.08. The largest absolute Gasteiger partial charge is 0.374 e. The van der Waals surface area contributed by atoms with E-state index >= 15 is 0 Å². The SMILES string of the molecule is C=C/C(=C(C)\C(=C/CCCl)NN)N(C)CCCCC(C)C. The molecule has 0 fully saturated rings. The van der Waals surface area contributed by atoms with Crippen molar-refractivity contribution in [3.63, 3.8) is 0 Å². The zero-order chi connectivity index (χ0) is 16.3. The van der Waals surface area contributed by atoms with Crippen molar-refractivity contribution in [2.24, 2.45) is 11.8 Å². The molecule has 0 heterocycles. The van der Waals surface area contributed by atoms with Gasteiger partial charge in [-0.2, -0.15) is 0 Å². The lowest BCUT2D eigenvalue weighted by Crippen LogP contribution is -2.26. The fourth-order valence-electron chi connectivity index (χ4n) is 2.27. The van der Waals surface area contributed by atoms with E-state index in [2.05, 4.69) is 44.7 Å². The molecule has 0 aromatic rings. The van der Waals surface area contributed by atoms with Gasteiger partial charge in [0.2, 0.25) is 0 Å². The number of hydrogen-bond acceptors (Lipinski definition) is 3. The van der Waals surface area contributed by atoms with Gasteiger partial charge in [-0.15, -0.1) is 11.6 Å². The number of hydrazine groups is 1. The van der Waals surface area contributed by atoms with E-state index in [4.69, 9.17) is 17.4 Å². The second-order valence-corrected chi connectivity index (χ2v) is 6.14. The number of allylic oxidation sites excluding steroid dienone is 3. The minimum atomic E-state index is 0.590. The molecule has 0 saturated heterocycles. The van der Waals surface area contributed by atoms with Gasteiger partial charge in [-0.25, -0.2) is 0 Å². The summed E-state index contributed by atoms with van der Waals surface area (Å²) in [6.07, 6.45) is 8.44. The summed E-state index contributed by atoms with van der Waals surface area (Å²) in [5, 5.41) is 0. The predicted octanol–water partition coefficient (Wildman–Crippen LogP) is 4.18. The molecule has 0 bridgehead atoms. The molecule has 0 saturated carbocycles. The molecule has 0 aliphatic rings. The Morgan fingerprint density at radius 3 is 2.52 bits per heavy atom. The van der Waals surface area contributed by atoms with Crippen LogP contribution in [0, 0.1) is 5.92 Å². The van der Waals surface area contributed by atoms with Crippen molar-refractivity contribution in [2.75, 3.05) is 19.5 Å². The fraction of sp³-hybridized carbons (Fsp3) is 0.647. The molecule has 0 aliphatic heterocycles. The van der Waals surface area contributed by atoms with Crippen LogP contribution < -0.4 is 11.3 Å². The smallest absolute Gasteiger partial charge is 0.0495 e. The van der Waals surface area contributed by atoms with Gasteiger partial charge in [0.25, 0.3) is 0 Å². The van der Waals surface area contributed by atoms with Gasteiger partial charge >= 0.3 is 0 Å². The number of alkyl halides is 1. The number of likely N-dealkylation sites (N-methyl/N-ethyl adjacent to an activating group) is 1. The highest BCUT2D eigenvalue weighted by Crippen LogP contribution is 2.17. The number of nitrogens with two attached hydrogens (primary N) is 1. The van der Waals surface area contributed by atoms with E-state index < -0.39 is 0 Å². The topological polar surface area (TPSA) is 41.3 Å². The first kappa shape index (κ1) is 20.1. The third-order valence-corrected chi connectivity index (χ3v) is 3.75. The number of rotatable bonds is 11. The van der Waals surface area contributed by atoms with Crippen molar-refractivity contribution in [1.82, 2.24) is 10.3 Å². The minimum absolute atomic E-state index is 0.590. The maximum absolute atomic E-state index is 5.73. The van der Waals surface area contributed by atoms with Crippen LogP contribution in [0.15, 0.2) is 35.7 Å². The van der Waals surface area contributed by atoms with Crippen LogP contribution in [0.25, 0.3) is 0 Å². The molecule has 0 spiro atoms. The molecule has 0 rings (SSSR count). The van der Waals surface area contributed by atoms with Gasteiger partial charge in [0, 0.05) is 30.9 Å². The first-order valence-electron chi connectivity index (χ1n) is 7.75. The molecule has 0 atom stereocenters. The zero-order valence-corrected chi connectivity index (χ0v) is 14.8. The van der Waals surface area contributed by atoms with Crippen molar-refractivity contribution in [1.29, 1.82) is 0 Å². The normalized spacial score (nSPS) is 13.2. The number of hydrogen-bond donors (Lipinski definition) is 2. The summed E-state index contributed by atoms with van der Waals surface area (Å²) in [4.78, 5) is 2.24. The molecular weight excluding hydrogens is 282 g/mol. The summed E-state index contributed by atoms with van der Waals surface area (Å²) in [7, 11) is 2.10. The molecule has 0 aliphatic carbocycles. The molecule has 21 heavy (non-hydrogen) atoms. The van der Waals surface area contributed by atoms with Gasteiger partial charge < -0.3 is 10.3 Å². The van der Waals surface area contributed by atoms with Crippen LogP contribution in [0.1, 0.15) is 46.5 Å². The van der Waals surface area contributed by atoms with Crippen molar-refractivity contribution in [2.45, 2.75) is 46.5 Å². The average molecular weight is 314 g/mol. The Labute approximate surface area is 135 Å².